The van der Waals surface area contributed by atoms with Gasteiger partial charge in [-0.2, -0.15) is 0 Å². The average Bonchev–Trinajstić information content (AvgIpc) is 3.15. The molecule has 24 heavy (non-hydrogen) atoms. The summed E-state index contributed by atoms with van der Waals surface area (Å²) < 4.78 is 5.97. The zero-order chi connectivity index (χ0) is 17.0. The minimum Gasteiger partial charge on any atom is -0.378 e. The van der Waals surface area contributed by atoms with E-state index in [0.717, 1.165) is 32.1 Å². The first-order chi connectivity index (χ1) is 11.8. The van der Waals surface area contributed by atoms with E-state index < -0.39 is 0 Å². The first kappa shape index (κ1) is 19.5. The molecule has 2 aliphatic rings. The largest absolute Gasteiger partial charge is 0.378 e. The molecule has 1 atom stereocenters. The van der Waals surface area contributed by atoms with Gasteiger partial charge in [0.05, 0.1) is 6.10 Å². The van der Waals surface area contributed by atoms with Gasteiger partial charge in [-0.25, -0.2) is 0 Å². The maximum absolute atomic E-state index is 5.97. The smallest absolute Gasteiger partial charge is 0.191 e. The summed E-state index contributed by atoms with van der Waals surface area (Å²) in [5.74, 6) is 0.922. The van der Waals surface area contributed by atoms with Crippen LogP contribution in [0.1, 0.15) is 64.7 Å². The number of hydrogen-bond acceptors (Lipinski definition) is 3. The SMILES string of the molecule is CCC(CNC(=NC)NCCCOC1CCCCC1)N1CCCC1. The van der Waals surface area contributed by atoms with E-state index in [9.17, 15) is 0 Å². The van der Waals surface area contributed by atoms with Crippen molar-refractivity contribution in [1.29, 1.82) is 0 Å². The normalized spacial score (nSPS) is 21.8. The maximum atomic E-state index is 5.97. The summed E-state index contributed by atoms with van der Waals surface area (Å²) in [4.78, 5) is 6.95. The third kappa shape index (κ3) is 6.98. The minimum absolute atomic E-state index is 0.516. The van der Waals surface area contributed by atoms with E-state index in [4.69, 9.17) is 4.74 Å². The van der Waals surface area contributed by atoms with Crippen LogP contribution in [-0.2, 0) is 4.74 Å². The molecule has 2 rings (SSSR count). The maximum Gasteiger partial charge on any atom is 0.191 e. The van der Waals surface area contributed by atoms with Crippen molar-refractivity contribution in [2.45, 2.75) is 76.9 Å². The van der Waals surface area contributed by atoms with Gasteiger partial charge >= 0.3 is 0 Å². The Balaban J connectivity index is 1.54. The molecule has 1 heterocycles. The van der Waals surface area contributed by atoms with E-state index >= 15 is 0 Å². The Labute approximate surface area is 148 Å². The van der Waals surface area contributed by atoms with Crippen molar-refractivity contribution in [1.82, 2.24) is 15.5 Å². The summed E-state index contributed by atoms with van der Waals surface area (Å²) in [6.45, 7) is 7.56. The van der Waals surface area contributed by atoms with Gasteiger partial charge in [-0.3, -0.25) is 9.89 Å². The van der Waals surface area contributed by atoms with Gasteiger partial charge in [-0.1, -0.05) is 26.2 Å². The van der Waals surface area contributed by atoms with Crippen LogP contribution < -0.4 is 10.6 Å². The summed E-state index contributed by atoms with van der Waals surface area (Å²) in [5, 5.41) is 6.91. The quantitative estimate of drug-likeness (QED) is 0.386. The molecule has 0 radical (unpaired) electrons. The highest BCUT2D eigenvalue weighted by molar-refractivity contribution is 5.79. The molecular formula is C19H38N4O. The van der Waals surface area contributed by atoms with Gasteiger partial charge in [-0.15, -0.1) is 0 Å². The first-order valence-electron chi connectivity index (χ1n) is 10.1. The van der Waals surface area contributed by atoms with Gasteiger partial charge < -0.3 is 15.4 Å². The van der Waals surface area contributed by atoms with Gasteiger partial charge in [0.25, 0.3) is 0 Å². The second-order valence-corrected chi connectivity index (χ2v) is 7.17. The molecule has 0 spiro atoms. The number of aliphatic imine (C=N–C) groups is 1. The highest BCUT2D eigenvalue weighted by Crippen LogP contribution is 2.20. The van der Waals surface area contributed by atoms with Crippen LogP contribution in [0, 0.1) is 0 Å². The standard InChI is InChI=1S/C19H38N4O/c1-3-17(23-13-7-8-14-23)16-22-19(20-2)21-12-9-15-24-18-10-5-4-6-11-18/h17-18H,3-16H2,1-2H3,(H2,20,21,22). The Bertz CT molecular complexity index is 349. The van der Waals surface area contributed by atoms with Crippen molar-refractivity contribution >= 4 is 5.96 Å². The highest BCUT2D eigenvalue weighted by atomic mass is 16.5. The molecule has 0 bridgehead atoms. The van der Waals surface area contributed by atoms with Gasteiger partial charge in [0.2, 0.25) is 0 Å². The minimum atomic E-state index is 0.516. The third-order valence-electron chi connectivity index (χ3n) is 5.38. The number of nitrogens with zero attached hydrogens (tertiary/aromatic N) is 2. The molecule has 5 nitrogen and oxygen atoms in total. The molecular weight excluding hydrogens is 300 g/mol. The van der Waals surface area contributed by atoms with Crippen molar-refractivity contribution < 1.29 is 4.74 Å². The Morgan fingerprint density at radius 3 is 2.54 bits per heavy atom. The number of guanidine groups is 1. The van der Waals surface area contributed by atoms with Crippen LogP contribution in [0.5, 0.6) is 0 Å². The zero-order valence-electron chi connectivity index (χ0n) is 15.9. The van der Waals surface area contributed by atoms with E-state index in [1.165, 1.54) is 64.5 Å². The predicted molar refractivity (Wildman–Crippen MR) is 102 cm³/mol. The van der Waals surface area contributed by atoms with Crippen LogP contribution in [0.15, 0.2) is 4.99 Å². The second kappa shape index (κ2) is 11.7. The number of hydrogen-bond donors (Lipinski definition) is 2. The number of likely N-dealkylation sites (tertiary alicyclic amines) is 1. The Morgan fingerprint density at radius 2 is 1.88 bits per heavy atom. The molecule has 0 aromatic rings. The Morgan fingerprint density at radius 1 is 1.12 bits per heavy atom. The van der Waals surface area contributed by atoms with Crippen molar-refractivity contribution in [2.24, 2.45) is 4.99 Å². The van der Waals surface area contributed by atoms with Gasteiger partial charge in [-0.05, 0) is 51.6 Å². The first-order valence-corrected chi connectivity index (χ1v) is 10.1. The van der Waals surface area contributed by atoms with Crippen molar-refractivity contribution in [3.63, 3.8) is 0 Å². The third-order valence-corrected chi connectivity index (χ3v) is 5.38. The molecule has 1 aliphatic carbocycles. The number of nitrogens with one attached hydrogen (secondary N) is 2. The molecule has 5 heteroatoms. The fourth-order valence-electron chi connectivity index (χ4n) is 3.83. The molecule has 2 N–H and O–H groups in total. The summed E-state index contributed by atoms with van der Waals surface area (Å²) in [7, 11) is 1.85. The van der Waals surface area contributed by atoms with Crippen LogP contribution in [0.3, 0.4) is 0 Å². The molecule has 1 saturated heterocycles. The van der Waals surface area contributed by atoms with E-state index in [2.05, 4.69) is 27.4 Å². The lowest BCUT2D eigenvalue weighted by Gasteiger charge is -2.27. The highest BCUT2D eigenvalue weighted by Gasteiger charge is 2.20. The molecule has 1 saturated carbocycles. The van der Waals surface area contributed by atoms with Crippen molar-refractivity contribution in [2.75, 3.05) is 39.8 Å². The van der Waals surface area contributed by atoms with Gasteiger partial charge in [0.15, 0.2) is 5.96 Å². The van der Waals surface area contributed by atoms with Crippen LogP contribution in [0.4, 0.5) is 0 Å². The zero-order valence-corrected chi connectivity index (χ0v) is 15.9. The van der Waals surface area contributed by atoms with Crippen LogP contribution in [-0.4, -0.2) is 62.8 Å². The average molecular weight is 339 g/mol. The summed E-state index contributed by atoms with van der Waals surface area (Å²) in [6, 6.07) is 0.626. The topological polar surface area (TPSA) is 48.9 Å². The second-order valence-electron chi connectivity index (χ2n) is 7.17. The summed E-state index contributed by atoms with van der Waals surface area (Å²) in [5.41, 5.74) is 0. The van der Waals surface area contributed by atoms with Crippen molar-refractivity contribution in [3.8, 4) is 0 Å². The van der Waals surface area contributed by atoms with Crippen LogP contribution >= 0.6 is 0 Å². The predicted octanol–water partition coefficient (Wildman–Crippen LogP) is 2.77. The molecule has 1 aliphatic heterocycles. The number of rotatable bonds is 9. The van der Waals surface area contributed by atoms with E-state index in [0.29, 0.717) is 12.1 Å². The lowest BCUT2D eigenvalue weighted by atomic mass is 9.98. The molecule has 1 unspecified atom stereocenters. The lowest BCUT2D eigenvalue weighted by Crippen LogP contribution is -2.46. The van der Waals surface area contributed by atoms with E-state index in [1.807, 2.05) is 7.05 Å². The molecule has 2 fully saturated rings. The van der Waals surface area contributed by atoms with E-state index in [1.54, 1.807) is 0 Å². The number of ether oxygens (including phenoxy) is 1. The fraction of sp³-hybridized carbons (Fsp3) is 0.947. The molecule has 0 aromatic carbocycles. The molecule has 140 valence electrons. The lowest BCUT2D eigenvalue weighted by molar-refractivity contribution is 0.0277. The summed E-state index contributed by atoms with van der Waals surface area (Å²) >= 11 is 0. The van der Waals surface area contributed by atoms with Crippen LogP contribution in [0.2, 0.25) is 0 Å². The van der Waals surface area contributed by atoms with Crippen molar-refractivity contribution in [3.05, 3.63) is 0 Å². The molecule has 0 amide bonds. The molecule has 0 aromatic heterocycles. The Kier molecular flexibility index (Phi) is 9.51. The van der Waals surface area contributed by atoms with Gasteiger partial charge in [0.1, 0.15) is 0 Å². The van der Waals surface area contributed by atoms with Gasteiger partial charge in [0, 0.05) is 32.8 Å². The van der Waals surface area contributed by atoms with Crippen LogP contribution in [0.25, 0.3) is 0 Å². The Hall–Kier alpha value is -0.810. The monoisotopic (exact) mass is 338 g/mol. The summed E-state index contributed by atoms with van der Waals surface area (Å²) in [6.07, 6.45) is 12.0. The fourth-order valence-corrected chi connectivity index (χ4v) is 3.83. The van der Waals surface area contributed by atoms with E-state index in [-0.39, 0.29) is 0 Å².